The minimum atomic E-state index is -0.942. The predicted molar refractivity (Wildman–Crippen MR) is 129 cm³/mol. The first kappa shape index (κ1) is 28.3. The van der Waals surface area contributed by atoms with E-state index in [0.717, 1.165) is 19.3 Å². The van der Waals surface area contributed by atoms with Gasteiger partial charge in [0, 0.05) is 12.1 Å². The van der Waals surface area contributed by atoms with E-state index >= 15 is 0 Å². The summed E-state index contributed by atoms with van der Waals surface area (Å²) in [6.45, 7) is 14.9. The summed E-state index contributed by atoms with van der Waals surface area (Å²) in [5.41, 5.74) is -0.887. The van der Waals surface area contributed by atoms with Crippen molar-refractivity contribution in [1.29, 1.82) is 0 Å². The van der Waals surface area contributed by atoms with Gasteiger partial charge in [0.25, 0.3) is 0 Å². The highest BCUT2D eigenvalue weighted by molar-refractivity contribution is 5.92. The van der Waals surface area contributed by atoms with Crippen molar-refractivity contribution in [2.45, 2.75) is 97.9 Å². The molecule has 0 saturated heterocycles. The fourth-order valence-corrected chi connectivity index (χ4v) is 3.36. The molecule has 0 aromatic heterocycles. The first-order chi connectivity index (χ1) is 15.2. The highest BCUT2D eigenvalue weighted by Gasteiger charge is 2.40. The second-order valence-corrected chi connectivity index (χ2v) is 10.2. The molecule has 1 aromatic carbocycles. The van der Waals surface area contributed by atoms with Gasteiger partial charge in [0.15, 0.2) is 0 Å². The van der Waals surface area contributed by atoms with Crippen molar-refractivity contribution in [3.8, 4) is 5.75 Å². The fourth-order valence-electron chi connectivity index (χ4n) is 3.36. The largest absolute Gasteiger partial charge is 0.508 e. The zero-order valence-electron chi connectivity index (χ0n) is 21.3. The Morgan fingerprint density at radius 1 is 1.03 bits per heavy atom. The van der Waals surface area contributed by atoms with Crippen LogP contribution in [0.1, 0.15) is 86.3 Å². The van der Waals surface area contributed by atoms with E-state index in [1.807, 2.05) is 20.8 Å². The van der Waals surface area contributed by atoms with Gasteiger partial charge in [0.1, 0.15) is 23.4 Å². The van der Waals surface area contributed by atoms with Crippen LogP contribution in [-0.2, 0) is 14.3 Å². The average Bonchev–Trinajstić information content (AvgIpc) is 2.67. The highest BCUT2D eigenvalue weighted by Crippen LogP contribution is 2.31. The number of carbonyl (C=O) groups excluding carboxylic acids is 3. The number of alkyl carbamates (subject to hydrolysis) is 1. The van der Waals surface area contributed by atoms with Gasteiger partial charge in [-0.15, -0.1) is 0 Å². The Kier molecular flexibility index (Phi) is 10.2. The van der Waals surface area contributed by atoms with E-state index in [-0.39, 0.29) is 11.7 Å². The van der Waals surface area contributed by atoms with Crippen LogP contribution in [0, 0.1) is 0 Å². The number of hydrogen-bond acceptors (Lipinski definition) is 5. The third kappa shape index (κ3) is 9.32. The molecule has 2 atom stereocenters. The van der Waals surface area contributed by atoms with E-state index < -0.39 is 35.2 Å². The first-order valence-electron chi connectivity index (χ1n) is 11.6. The molecular formula is C25H41N3O5. The molecule has 0 saturated carbocycles. The van der Waals surface area contributed by atoms with Crippen molar-refractivity contribution < 1.29 is 24.2 Å². The van der Waals surface area contributed by atoms with Crippen molar-refractivity contribution in [2.24, 2.45) is 0 Å². The molecular weight excluding hydrogens is 422 g/mol. The van der Waals surface area contributed by atoms with Gasteiger partial charge in [-0.3, -0.25) is 9.59 Å². The second kappa shape index (κ2) is 11.9. The molecule has 8 heteroatoms. The summed E-state index contributed by atoms with van der Waals surface area (Å²) in [5, 5.41) is 15.2. The van der Waals surface area contributed by atoms with E-state index in [9.17, 15) is 19.5 Å². The number of ether oxygens (including phenoxy) is 1. The molecule has 0 bridgehead atoms. The number of hydrogen-bond donors (Lipinski definition) is 3. The van der Waals surface area contributed by atoms with Crippen LogP contribution >= 0.6 is 0 Å². The molecule has 0 aliphatic carbocycles. The van der Waals surface area contributed by atoms with E-state index in [1.54, 1.807) is 39.8 Å². The second-order valence-electron chi connectivity index (χ2n) is 10.2. The van der Waals surface area contributed by atoms with Gasteiger partial charge in [-0.05, 0) is 72.6 Å². The van der Waals surface area contributed by atoms with Crippen molar-refractivity contribution in [1.82, 2.24) is 15.5 Å². The molecule has 0 heterocycles. The monoisotopic (exact) mass is 463 g/mol. The summed E-state index contributed by atoms with van der Waals surface area (Å²) < 4.78 is 5.28. The lowest BCUT2D eigenvalue weighted by atomic mass is 9.95. The molecule has 1 rings (SSSR count). The Morgan fingerprint density at radius 2 is 1.61 bits per heavy atom. The maximum Gasteiger partial charge on any atom is 0.408 e. The maximum atomic E-state index is 13.6. The van der Waals surface area contributed by atoms with Crippen LogP contribution < -0.4 is 10.6 Å². The number of nitrogens with one attached hydrogen (secondary N) is 2. The first-order valence-corrected chi connectivity index (χ1v) is 11.6. The van der Waals surface area contributed by atoms with Crippen LogP contribution in [0.3, 0.4) is 0 Å². The minimum absolute atomic E-state index is 0.0643. The Balaban J connectivity index is 3.28. The van der Waals surface area contributed by atoms with Crippen LogP contribution in [-0.4, -0.2) is 51.6 Å². The molecule has 0 radical (unpaired) electrons. The summed E-state index contributed by atoms with van der Waals surface area (Å²) in [6.07, 6.45) is 2.15. The third-order valence-corrected chi connectivity index (χ3v) is 4.86. The van der Waals surface area contributed by atoms with E-state index in [0.29, 0.717) is 12.1 Å². The Hall–Kier alpha value is -2.77. The number of unbranched alkanes of at least 4 members (excludes halogenated alkanes) is 2. The number of carbonyl (C=O) groups is 3. The Bertz CT molecular complexity index is 794. The third-order valence-electron chi connectivity index (χ3n) is 4.86. The van der Waals surface area contributed by atoms with Gasteiger partial charge in [-0.25, -0.2) is 4.79 Å². The summed E-state index contributed by atoms with van der Waals surface area (Å²) in [6, 6.07) is 4.36. The molecule has 3 amide bonds. The number of nitrogens with zero attached hydrogens (tertiary/aromatic N) is 1. The average molecular weight is 464 g/mol. The molecule has 8 nitrogen and oxygen atoms in total. The summed E-state index contributed by atoms with van der Waals surface area (Å²) >= 11 is 0. The SMILES string of the molecule is CCCCCNC(=O)C(c1ccc(O)cc1)N(C(=O)C(C)NC(=O)OC(C)(C)C)C(C)(C)C. The minimum Gasteiger partial charge on any atom is -0.508 e. The standard InChI is InChI=1S/C25H41N3O5/c1-9-10-11-16-26-21(30)20(18-12-14-19(29)15-13-18)28(24(3,4)5)22(31)17(2)27-23(32)33-25(6,7)8/h12-15,17,20,29H,9-11,16H2,1-8H3,(H,26,30)(H,27,32). The van der Waals surface area contributed by atoms with Crippen molar-refractivity contribution >= 4 is 17.9 Å². The molecule has 1 aromatic rings. The Labute approximate surface area is 198 Å². The normalized spacial score (nSPS) is 13.6. The quantitative estimate of drug-likeness (QED) is 0.474. The topological polar surface area (TPSA) is 108 Å². The van der Waals surface area contributed by atoms with Crippen molar-refractivity contribution in [2.75, 3.05) is 6.54 Å². The highest BCUT2D eigenvalue weighted by atomic mass is 16.6. The maximum absolute atomic E-state index is 13.6. The number of amides is 3. The lowest BCUT2D eigenvalue weighted by Gasteiger charge is -2.42. The van der Waals surface area contributed by atoms with Crippen LogP contribution in [0.5, 0.6) is 5.75 Å². The van der Waals surface area contributed by atoms with Crippen LogP contribution in [0.15, 0.2) is 24.3 Å². The van der Waals surface area contributed by atoms with Crippen molar-refractivity contribution in [3.63, 3.8) is 0 Å². The lowest BCUT2D eigenvalue weighted by molar-refractivity contribution is -0.148. The number of phenols is 1. The van der Waals surface area contributed by atoms with E-state index in [2.05, 4.69) is 17.6 Å². The summed E-state index contributed by atoms with van der Waals surface area (Å²) in [5.74, 6) is -0.672. The number of aromatic hydroxyl groups is 1. The number of rotatable bonds is 9. The van der Waals surface area contributed by atoms with Gasteiger partial charge >= 0.3 is 6.09 Å². The molecule has 3 N–H and O–H groups in total. The zero-order valence-corrected chi connectivity index (χ0v) is 21.3. The Morgan fingerprint density at radius 3 is 2.09 bits per heavy atom. The van der Waals surface area contributed by atoms with E-state index in [1.165, 1.54) is 17.0 Å². The lowest BCUT2D eigenvalue weighted by Crippen LogP contribution is -2.58. The molecule has 0 aliphatic heterocycles. The van der Waals surface area contributed by atoms with Crippen LogP contribution in [0.4, 0.5) is 4.79 Å². The zero-order chi connectivity index (χ0) is 25.4. The fraction of sp³-hybridized carbons (Fsp3) is 0.640. The van der Waals surface area contributed by atoms with E-state index in [4.69, 9.17) is 4.74 Å². The molecule has 186 valence electrons. The van der Waals surface area contributed by atoms with Crippen molar-refractivity contribution in [3.05, 3.63) is 29.8 Å². The molecule has 0 fully saturated rings. The number of benzene rings is 1. The van der Waals surface area contributed by atoms with Gasteiger partial charge in [0.2, 0.25) is 11.8 Å². The predicted octanol–water partition coefficient (Wildman–Crippen LogP) is 4.28. The van der Waals surface area contributed by atoms with Crippen LogP contribution in [0.25, 0.3) is 0 Å². The molecule has 2 unspecified atom stereocenters. The van der Waals surface area contributed by atoms with Gasteiger partial charge in [0.05, 0.1) is 0 Å². The number of phenolic OH excluding ortho intramolecular Hbond substituents is 1. The molecule has 33 heavy (non-hydrogen) atoms. The summed E-state index contributed by atoms with van der Waals surface area (Å²) in [7, 11) is 0. The van der Waals surface area contributed by atoms with Gasteiger partial charge < -0.3 is 25.4 Å². The summed E-state index contributed by atoms with van der Waals surface area (Å²) in [4.78, 5) is 40.6. The molecule has 0 spiro atoms. The molecule has 0 aliphatic rings. The smallest absolute Gasteiger partial charge is 0.408 e. The van der Waals surface area contributed by atoms with Gasteiger partial charge in [-0.1, -0.05) is 31.9 Å². The van der Waals surface area contributed by atoms with Crippen LogP contribution in [0.2, 0.25) is 0 Å². The van der Waals surface area contributed by atoms with Gasteiger partial charge in [-0.2, -0.15) is 0 Å².